The molecule has 2 rings (SSSR count). The summed E-state index contributed by atoms with van der Waals surface area (Å²) in [7, 11) is 0. The van der Waals surface area contributed by atoms with Gasteiger partial charge in [0, 0.05) is 18.6 Å². The number of amides is 1. The molecule has 0 unspecified atom stereocenters. The van der Waals surface area contributed by atoms with Crippen LogP contribution in [0.15, 0.2) is 18.2 Å². The molecule has 9 heteroatoms. The van der Waals surface area contributed by atoms with Gasteiger partial charge >= 0.3 is 0 Å². The number of hydrogen-bond acceptors (Lipinski definition) is 6. The average Bonchev–Trinajstić information content (AvgIpc) is 2.82. The molecule has 1 amide bonds. The largest absolute Gasteiger partial charge is 0.321 e. The van der Waals surface area contributed by atoms with Crippen molar-refractivity contribution in [1.29, 1.82) is 0 Å². The molecule has 1 heterocycles. The zero-order valence-corrected chi connectivity index (χ0v) is 9.25. The Morgan fingerprint density at radius 3 is 2.83 bits per heavy atom. The van der Waals surface area contributed by atoms with Crippen molar-refractivity contribution in [3.05, 3.63) is 28.3 Å². The Morgan fingerprint density at radius 2 is 2.28 bits per heavy atom. The summed E-state index contributed by atoms with van der Waals surface area (Å²) in [6.07, 6.45) is 0. The molecular formula is C9H8N6O3. The maximum absolute atomic E-state index is 10.9. The van der Waals surface area contributed by atoms with E-state index in [1.54, 1.807) is 6.07 Å². The summed E-state index contributed by atoms with van der Waals surface area (Å²) in [5, 5.41) is 26.2. The van der Waals surface area contributed by atoms with Gasteiger partial charge in [-0.3, -0.25) is 14.9 Å². The lowest BCUT2D eigenvalue weighted by molar-refractivity contribution is -0.383. The standard InChI is InChI=1S/C9H8N6O3/c1-5(16)10-7-3-2-6(4-8(7)15(17)18)9-11-13-14-12-9/h2-4H,1H3,(H,10,16)(H,11,12,13,14). The number of nitrogens with zero attached hydrogens (tertiary/aromatic N) is 4. The third-order valence-electron chi connectivity index (χ3n) is 2.12. The van der Waals surface area contributed by atoms with Crippen molar-refractivity contribution in [2.45, 2.75) is 6.92 Å². The number of H-pyrrole nitrogens is 1. The molecular weight excluding hydrogens is 240 g/mol. The normalized spacial score (nSPS) is 10.1. The van der Waals surface area contributed by atoms with E-state index in [4.69, 9.17) is 0 Å². The number of hydrogen-bond donors (Lipinski definition) is 2. The quantitative estimate of drug-likeness (QED) is 0.609. The molecule has 0 atom stereocenters. The van der Waals surface area contributed by atoms with Gasteiger partial charge < -0.3 is 5.32 Å². The maximum atomic E-state index is 10.9. The van der Waals surface area contributed by atoms with Crippen LogP contribution in [0.1, 0.15) is 6.92 Å². The molecule has 0 bridgehead atoms. The minimum atomic E-state index is -0.585. The number of carbonyl (C=O) groups excluding carboxylic acids is 1. The number of nitro benzene ring substituents is 1. The fourth-order valence-corrected chi connectivity index (χ4v) is 1.41. The van der Waals surface area contributed by atoms with Crippen LogP contribution >= 0.6 is 0 Å². The second kappa shape index (κ2) is 4.57. The highest BCUT2D eigenvalue weighted by atomic mass is 16.6. The number of aromatic amines is 1. The third-order valence-corrected chi connectivity index (χ3v) is 2.12. The summed E-state index contributed by atoms with van der Waals surface area (Å²) in [6, 6.07) is 4.28. The fraction of sp³-hybridized carbons (Fsp3) is 0.111. The average molecular weight is 248 g/mol. The summed E-state index contributed by atoms with van der Waals surface area (Å²) in [6.45, 7) is 1.28. The van der Waals surface area contributed by atoms with Gasteiger partial charge in [0.2, 0.25) is 5.91 Å². The molecule has 0 saturated carbocycles. The minimum absolute atomic E-state index is 0.128. The molecule has 1 aromatic carbocycles. The van der Waals surface area contributed by atoms with Gasteiger partial charge in [-0.15, -0.1) is 5.10 Å². The zero-order chi connectivity index (χ0) is 13.1. The smallest absolute Gasteiger partial charge is 0.293 e. The van der Waals surface area contributed by atoms with Crippen LogP contribution < -0.4 is 5.32 Å². The van der Waals surface area contributed by atoms with Crippen molar-refractivity contribution in [3.8, 4) is 11.4 Å². The Bertz CT molecular complexity index is 594. The van der Waals surface area contributed by atoms with Crippen LogP contribution in [-0.4, -0.2) is 31.5 Å². The van der Waals surface area contributed by atoms with Crippen molar-refractivity contribution < 1.29 is 9.72 Å². The van der Waals surface area contributed by atoms with Crippen molar-refractivity contribution in [2.24, 2.45) is 0 Å². The highest BCUT2D eigenvalue weighted by Gasteiger charge is 2.17. The van der Waals surface area contributed by atoms with Crippen molar-refractivity contribution in [3.63, 3.8) is 0 Å². The number of carbonyl (C=O) groups is 1. The third kappa shape index (κ3) is 2.29. The lowest BCUT2D eigenvalue weighted by Gasteiger charge is -2.04. The predicted molar refractivity (Wildman–Crippen MR) is 60.6 cm³/mol. The van der Waals surface area contributed by atoms with Gasteiger partial charge in [-0.05, 0) is 22.6 Å². The lowest BCUT2D eigenvalue weighted by Crippen LogP contribution is -2.08. The van der Waals surface area contributed by atoms with Crippen LogP contribution in [0.2, 0.25) is 0 Å². The molecule has 0 fully saturated rings. The van der Waals surface area contributed by atoms with E-state index in [1.165, 1.54) is 19.1 Å². The van der Waals surface area contributed by atoms with Gasteiger partial charge in [-0.2, -0.15) is 0 Å². The predicted octanol–water partition coefficient (Wildman–Crippen LogP) is 0.733. The SMILES string of the molecule is CC(=O)Nc1ccc(-c2nnn[nH]2)cc1[N+](=O)[O-]. The van der Waals surface area contributed by atoms with Crippen LogP contribution in [-0.2, 0) is 4.79 Å². The summed E-state index contributed by atoms with van der Waals surface area (Å²) in [4.78, 5) is 21.3. The highest BCUT2D eigenvalue weighted by molar-refractivity contribution is 5.91. The van der Waals surface area contributed by atoms with Gasteiger partial charge in [0.05, 0.1) is 4.92 Å². The first-order chi connectivity index (χ1) is 8.58. The Labute approximate surface area is 100 Å². The summed E-state index contributed by atoms with van der Waals surface area (Å²) >= 11 is 0. The maximum Gasteiger partial charge on any atom is 0.293 e. The summed E-state index contributed by atoms with van der Waals surface area (Å²) < 4.78 is 0. The van der Waals surface area contributed by atoms with Crippen molar-refractivity contribution in [1.82, 2.24) is 20.6 Å². The fourth-order valence-electron chi connectivity index (χ4n) is 1.41. The highest BCUT2D eigenvalue weighted by Crippen LogP contribution is 2.28. The van der Waals surface area contributed by atoms with Gasteiger partial charge in [0.1, 0.15) is 5.69 Å². The molecule has 0 aliphatic rings. The van der Waals surface area contributed by atoms with Gasteiger partial charge in [-0.1, -0.05) is 0 Å². The van der Waals surface area contributed by atoms with E-state index in [-0.39, 0.29) is 17.3 Å². The first-order valence-corrected chi connectivity index (χ1v) is 4.88. The molecule has 0 spiro atoms. The monoisotopic (exact) mass is 248 g/mol. The summed E-state index contributed by atoms with van der Waals surface area (Å²) in [5.41, 5.74) is 0.364. The number of rotatable bonds is 3. The van der Waals surface area contributed by atoms with Gasteiger partial charge in [0.15, 0.2) is 5.82 Å². The van der Waals surface area contributed by atoms with E-state index >= 15 is 0 Å². The van der Waals surface area contributed by atoms with Crippen LogP contribution in [0.25, 0.3) is 11.4 Å². The van der Waals surface area contributed by atoms with E-state index in [0.29, 0.717) is 11.4 Å². The molecule has 1 aromatic heterocycles. The Hall–Kier alpha value is -2.84. The topological polar surface area (TPSA) is 127 Å². The molecule has 0 aliphatic heterocycles. The van der Waals surface area contributed by atoms with Gasteiger partial charge in [0.25, 0.3) is 5.69 Å². The molecule has 2 aromatic rings. The Kier molecular flexibility index (Phi) is 2.96. The number of nitrogens with one attached hydrogen (secondary N) is 2. The molecule has 92 valence electrons. The van der Waals surface area contributed by atoms with Crippen LogP contribution in [0.4, 0.5) is 11.4 Å². The molecule has 9 nitrogen and oxygen atoms in total. The molecule has 0 saturated heterocycles. The summed E-state index contributed by atoms with van der Waals surface area (Å²) in [5.74, 6) is -0.0698. The molecule has 0 aliphatic carbocycles. The Balaban J connectivity index is 2.46. The second-order valence-corrected chi connectivity index (χ2v) is 3.42. The number of tetrazole rings is 1. The van der Waals surface area contributed by atoms with Crippen molar-refractivity contribution >= 4 is 17.3 Å². The second-order valence-electron chi connectivity index (χ2n) is 3.42. The molecule has 18 heavy (non-hydrogen) atoms. The van der Waals surface area contributed by atoms with E-state index in [1.807, 2.05) is 0 Å². The molecule has 2 N–H and O–H groups in total. The van der Waals surface area contributed by atoms with Gasteiger partial charge in [-0.25, -0.2) is 5.10 Å². The van der Waals surface area contributed by atoms with E-state index in [0.717, 1.165) is 0 Å². The first-order valence-electron chi connectivity index (χ1n) is 4.88. The minimum Gasteiger partial charge on any atom is -0.321 e. The lowest BCUT2D eigenvalue weighted by atomic mass is 10.1. The zero-order valence-electron chi connectivity index (χ0n) is 9.25. The first kappa shape index (κ1) is 11.6. The van der Waals surface area contributed by atoms with E-state index < -0.39 is 4.92 Å². The number of nitro groups is 1. The number of benzene rings is 1. The number of anilines is 1. The van der Waals surface area contributed by atoms with E-state index in [2.05, 4.69) is 25.9 Å². The van der Waals surface area contributed by atoms with Crippen LogP contribution in [0, 0.1) is 10.1 Å². The van der Waals surface area contributed by atoms with Crippen molar-refractivity contribution in [2.75, 3.05) is 5.32 Å². The van der Waals surface area contributed by atoms with Crippen LogP contribution in [0.3, 0.4) is 0 Å². The van der Waals surface area contributed by atoms with Crippen LogP contribution in [0.5, 0.6) is 0 Å². The van der Waals surface area contributed by atoms with E-state index in [9.17, 15) is 14.9 Å². The Morgan fingerprint density at radius 1 is 1.50 bits per heavy atom. The molecule has 0 radical (unpaired) electrons. The number of aromatic nitrogens is 4.